The number of para-hydroxylation sites is 2. The van der Waals surface area contributed by atoms with Gasteiger partial charge in [0.15, 0.2) is 0 Å². The Bertz CT molecular complexity index is 575. The van der Waals surface area contributed by atoms with E-state index in [2.05, 4.69) is 22.2 Å². The van der Waals surface area contributed by atoms with Gasteiger partial charge in [0.1, 0.15) is 0 Å². The maximum absolute atomic E-state index is 11.9. The van der Waals surface area contributed by atoms with Gasteiger partial charge in [-0.3, -0.25) is 10.1 Å². The van der Waals surface area contributed by atoms with Gasteiger partial charge >= 0.3 is 0 Å². The summed E-state index contributed by atoms with van der Waals surface area (Å²) in [6, 6.07) is 7.71. The summed E-state index contributed by atoms with van der Waals surface area (Å²) >= 11 is 0. The zero-order valence-electron chi connectivity index (χ0n) is 11.6. The van der Waals surface area contributed by atoms with Crippen molar-refractivity contribution in [2.75, 3.05) is 5.32 Å². The first-order valence-corrected chi connectivity index (χ1v) is 7.11. The largest absolute Gasteiger partial charge is 0.375 e. The van der Waals surface area contributed by atoms with Crippen LogP contribution >= 0.6 is 0 Å². The maximum Gasteiger partial charge on any atom is 0.226 e. The second kappa shape index (κ2) is 5.63. The topological polar surface area (TPSA) is 67.0 Å². The van der Waals surface area contributed by atoms with E-state index in [0.717, 1.165) is 30.3 Å². The van der Waals surface area contributed by atoms with Crippen molar-refractivity contribution in [1.82, 2.24) is 9.97 Å². The molecule has 2 aromatic rings. The minimum Gasteiger partial charge on any atom is -0.375 e. The number of ether oxygens (including phenoxy) is 1. The van der Waals surface area contributed by atoms with Crippen molar-refractivity contribution in [3.8, 4) is 0 Å². The number of carbonyl (C=O) groups is 1. The van der Waals surface area contributed by atoms with Gasteiger partial charge in [-0.05, 0) is 38.3 Å². The SMILES string of the molecule is CC1CCC(CCC(=O)Nc2nc3ccccc3[nH]2)O1. The van der Waals surface area contributed by atoms with E-state index in [0.29, 0.717) is 18.5 Å². The van der Waals surface area contributed by atoms with Crippen molar-refractivity contribution in [2.45, 2.75) is 44.8 Å². The zero-order chi connectivity index (χ0) is 13.9. The molecule has 0 spiro atoms. The molecule has 1 aromatic heterocycles. The first-order chi connectivity index (χ1) is 9.70. The lowest BCUT2D eigenvalue weighted by atomic mass is 10.1. The third kappa shape index (κ3) is 2.99. The molecule has 0 bridgehead atoms. The summed E-state index contributed by atoms with van der Waals surface area (Å²) in [6.07, 6.45) is 3.95. The number of hydrogen-bond donors (Lipinski definition) is 2. The summed E-state index contributed by atoms with van der Waals surface area (Å²) in [5.41, 5.74) is 1.78. The van der Waals surface area contributed by atoms with E-state index in [1.807, 2.05) is 24.3 Å². The molecule has 1 fully saturated rings. The Hall–Kier alpha value is -1.88. The van der Waals surface area contributed by atoms with Crippen molar-refractivity contribution < 1.29 is 9.53 Å². The van der Waals surface area contributed by atoms with Crippen LogP contribution in [0.15, 0.2) is 24.3 Å². The van der Waals surface area contributed by atoms with Crippen molar-refractivity contribution >= 4 is 22.9 Å². The molecule has 1 aliphatic heterocycles. The highest BCUT2D eigenvalue weighted by Crippen LogP contribution is 2.22. The molecule has 0 aliphatic carbocycles. The average Bonchev–Trinajstić information content (AvgIpc) is 3.01. The number of aromatic amines is 1. The molecule has 2 atom stereocenters. The van der Waals surface area contributed by atoms with Crippen LogP contribution in [0.3, 0.4) is 0 Å². The standard InChI is InChI=1S/C15H19N3O2/c1-10-6-7-11(20-10)8-9-14(19)18-15-16-12-4-2-3-5-13(12)17-15/h2-5,10-11H,6-9H2,1H3,(H2,16,17,18,19). The number of nitrogens with zero attached hydrogens (tertiary/aromatic N) is 1. The molecule has 5 heteroatoms. The number of hydrogen-bond acceptors (Lipinski definition) is 3. The smallest absolute Gasteiger partial charge is 0.226 e. The Morgan fingerprint density at radius 3 is 3.05 bits per heavy atom. The molecule has 2 unspecified atom stereocenters. The van der Waals surface area contributed by atoms with Gasteiger partial charge in [0.25, 0.3) is 0 Å². The van der Waals surface area contributed by atoms with Crippen molar-refractivity contribution in [2.24, 2.45) is 0 Å². The molecule has 2 heterocycles. The van der Waals surface area contributed by atoms with Gasteiger partial charge < -0.3 is 9.72 Å². The number of nitrogens with one attached hydrogen (secondary N) is 2. The Kier molecular flexibility index (Phi) is 3.69. The lowest BCUT2D eigenvalue weighted by molar-refractivity contribution is -0.117. The highest BCUT2D eigenvalue weighted by molar-refractivity contribution is 5.91. The Labute approximate surface area is 117 Å². The molecule has 1 saturated heterocycles. The Morgan fingerprint density at radius 2 is 2.30 bits per heavy atom. The molecule has 0 radical (unpaired) electrons. The van der Waals surface area contributed by atoms with Gasteiger partial charge in [-0.15, -0.1) is 0 Å². The minimum absolute atomic E-state index is 0.0211. The molecule has 20 heavy (non-hydrogen) atoms. The van der Waals surface area contributed by atoms with Gasteiger partial charge in [0, 0.05) is 6.42 Å². The summed E-state index contributed by atoms with van der Waals surface area (Å²) < 4.78 is 5.71. The third-order valence-electron chi connectivity index (χ3n) is 3.66. The van der Waals surface area contributed by atoms with E-state index in [9.17, 15) is 4.79 Å². The van der Waals surface area contributed by atoms with Crippen LogP contribution in [-0.4, -0.2) is 28.1 Å². The molecule has 106 valence electrons. The zero-order valence-corrected chi connectivity index (χ0v) is 11.6. The monoisotopic (exact) mass is 273 g/mol. The van der Waals surface area contributed by atoms with Crippen molar-refractivity contribution in [1.29, 1.82) is 0 Å². The molecule has 5 nitrogen and oxygen atoms in total. The van der Waals surface area contributed by atoms with E-state index in [1.165, 1.54) is 0 Å². The summed E-state index contributed by atoms with van der Waals surface area (Å²) in [5.74, 6) is 0.490. The number of imidazole rings is 1. The van der Waals surface area contributed by atoms with Crippen LogP contribution in [0.4, 0.5) is 5.95 Å². The lowest BCUT2D eigenvalue weighted by Gasteiger charge is -2.10. The van der Waals surface area contributed by atoms with Crippen LogP contribution in [0, 0.1) is 0 Å². The van der Waals surface area contributed by atoms with Crippen LogP contribution in [-0.2, 0) is 9.53 Å². The van der Waals surface area contributed by atoms with Crippen LogP contribution in [0.2, 0.25) is 0 Å². The van der Waals surface area contributed by atoms with Gasteiger partial charge in [0.05, 0.1) is 23.2 Å². The van der Waals surface area contributed by atoms with Crippen LogP contribution in [0.25, 0.3) is 11.0 Å². The van der Waals surface area contributed by atoms with E-state index in [4.69, 9.17) is 4.74 Å². The molecular weight excluding hydrogens is 254 g/mol. The second-order valence-electron chi connectivity index (χ2n) is 5.34. The maximum atomic E-state index is 11.9. The molecule has 1 aliphatic rings. The van der Waals surface area contributed by atoms with E-state index in [-0.39, 0.29) is 12.0 Å². The lowest BCUT2D eigenvalue weighted by Crippen LogP contribution is -2.16. The first-order valence-electron chi connectivity index (χ1n) is 7.11. The Balaban J connectivity index is 1.53. The fraction of sp³-hybridized carbons (Fsp3) is 0.467. The van der Waals surface area contributed by atoms with E-state index in [1.54, 1.807) is 0 Å². The van der Waals surface area contributed by atoms with Crippen molar-refractivity contribution in [3.05, 3.63) is 24.3 Å². The fourth-order valence-corrected chi connectivity index (χ4v) is 2.60. The fourth-order valence-electron chi connectivity index (χ4n) is 2.60. The number of carbonyl (C=O) groups excluding carboxylic acids is 1. The minimum atomic E-state index is -0.0211. The van der Waals surface area contributed by atoms with E-state index < -0.39 is 0 Å². The van der Waals surface area contributed by atoms with Crippen molar-refractivity contribution in [3.63, 3.8) is 0 Å². The summed E-state index contributed by atoms with van der Waals surface area (Å²) in [5, 5.41) is 2.81. The molecule has 2 N–H and O–H groups in total. The summed E-state index contributed by atoms with van der Waals surface area (Å²) in [4.78, 5) is 19.3. The summed E-state index contributed by atoms with van der Waals surface area (Å²) in [6.45, 7) is 2.08. The number of aromatic nitrogens is 2. The number of H-pyrrole nitrogens is 1. The highest BCUT2D eigenvalue weighted by atomic mass is 16.5. The average molecular weight is 273 g/mol. The van der Waals surface area contributed by atoms with Crippen LogP contribution < -0.4 is 5.32 Å². The number of fused-ring (bicyclic) bond motifs is 1. The van der Waals surface area contributed by atoms with Gasteiger partial charge in [-0.2, -0.15) is 0 Å². The molecule has 3 rings (SSSR count). The highest BCUT2D eigenvalue weighted by Gasteiger charge is 2.22. The first kappa shape index (κ1) is 13.1. The van der Waals surface area contributed by atoms with E-state index >= 15 is 0 Å². The summed E-state index contributed by atoms with van der Waals surface area (Å²) in [7, 11) is 0. The number of amides is 1. The normalized spacial score (nSPS) is 22.2. The molecule has 0 saturated carbocycles. The molecule has 1 amide bonds. The van der Waals surface area contributed by atoms with Gasteiger partial charge in [-0.1, -0.05) is 12.1 Å². The quantitative estimate of drug-likeness (QED) is 0.900. The third-order valence-corrected chi connectivity index (χ3v) is 3.66. The van der Waals surface area contributed by atoms with Gasteiger partial charge in [0.2, 0.25) is 11.9 Å². The van der Waals surface area contributed by atoms with Crippen LogP contribution in [0.5, 0.6) is 0 Å². The second-order valence-corrected chi connectivity index (χ2v) is 5.34. The molecule has 1 aromatic carbocycles. The predicted octanol–water partition coefficient (Wildman–Crippen LogP) is 2.85. The number of benzene rings is 1. The number of anilines is 1. The van der Waals surface area contributed by atoms with Crippen LogP contribution in [0.1, 0.15) is 32.6 Å². The molecular formula is C15H19N3O2. The van der Waals surface area contributed by atoms with Gasteiger partial charge in [-0.25, -0.2) is 4.98 Å². The number of rotatable bonds is 4. The predicted molar refractivity (Wildman–Crippen MR) is 77.5 cm³/mol. The Morgan fingerprint density at radius 1 is 1.45 bits per heavy atom.